The molecule has 4 atom stereocenters. The Bertz CT molecular complexity index is 764. The normalized spacial score (nSPS) is 29.0. The van der Waals surface area contributed by atoms with E-state index in [-0.39, 0.29) is 28.9 Å². The largest absolute Gasteiger partial charge is 0.508 e. The van der Waals surface area contributed by atoms with E-state index in [1.54, 1.807) is 13.0 Å². The van der Waals surface area contributed by atoms with Crippen molar-refractivity contribution in [2.75, 3.05) is 0 Å². The molecule has 1 aromatic carbocycles. The molecular weight excluding hydrogens is 344 g/mol. The number of allylic oxidation sites excluding steroid dienone is 1. The Labute approximate surface area is 160 Å². The van der Waals surface area contributed by atoms with Crippen molar-refractivity contribution in [2.24, 2.45) is 5.92 Å². The predicted octanol–water partition coefficient (Wildman–Crippen LogP) is 4.40. The molecule has 3 N–H and O–H groups in total. The number of hydrogen-bond donors (Lipinski definition) is 3. The molecule has 5 nitrogen and oxygen atoms in total. The number of ether oxygens (including phenoxy) is 1. The zero-order valence-corrected chi connectivity index (χ0v) is 16.4. The van der Waals surface area contributed by atoms with Crippen molar-refractivity contribution in [2.45, 2.75) is 76.9 Å². The van der Waals surface area contributed by atoms with Gasteiger partial charge in [-0.1, -0.05) is 31.9 Å². The van der Waals surface area contributed by atoms with Crippen LogP contribution in [0, 0.1) is 5.92 Å². The second-order valence-electron chi connectivity index (χ2n) is 8.35. The molecule has 1 unspecified atom stereocenters. The second-order valence-corrected chi connectivity index (χ2v) is 8.35. The van der Waals surface area contributed by atoms with E-state index < -0.39 is 17.7 Å². The molecule has 0 aromatic heterocycles. The lowest BCUT2D eigenvalue weighted by molar-refractivity contribution is -0.0826. The van der Waals surface area contributed by atoms with Crippen molar-refractivity contribution in [3.05, 3.63) is 34.9 Å². The van der Waals surface area contributed by atoms with Crippen LogP contribution in [0.5, 0.6) is 11.5 Å². The van der Waals surface area contributed by atoms with Gasteiger partial charge in [0.2, 0.25) is 0 Å². The zero-order chi connectivity index (χ0) is 19.9. The maximum Gasteiger partial charge on any atom is 0.339 e. The van der Waals surface area contributed by atoms with E-state index in [1.807, 2.05) is 6.92 Å². The minimum Gasteiger partial charge on any atom is -0.508 e. The van der Waals surface area contributed by atoms with Crippen molar-refractivity contribution in [3.8, 4) is 11.5 Å². The molecule has 0 radical (unpaired) electrons. The fraction of sp³-hybridized carbons (Fsp3) is 0.591. The fourth-order valence-electron chi connectivity index (χ4n) is 4.75. The highest BCUT2D eigenvalue weighted by Crippen LogP contribution is 2.57. The third kappa shape index (κ3) is 3.33. The number of aryl methyl sites for hydroxylation is 1. The Balaban J connectivity index is 2.14. The number of rotatable bonds is 6. The van der Waals surface area contributed by atoms with Crippen molar-refractivity contribution >= 4 is 5.97 Å². The van der Waals surface area contributed by atoms with Gasteiger partial charge in [0, 0.05) is 11.5 Å². The van der Waals surface area contributed by atoms with Gasteiger partial charge in [-0.05, 0) is 57.1 Å². The van der Waals surface area contributed by atoms with Crippen LogP contribution in [0.15, 0.2) is 18.2 Å². The summed E-state index contributed by atoms with van der Waals surface area (Å²) in [6.07, 6.45) is 4.15. The first-order chi connectivity index (χ1) is 12.7. The molecule has 0 amide bonds. The molecular formula is C22H30O5. The summed E-state index contributed by atoms with van der Waals surface area (Å²) in [5.74, 6) is -1.00. The number of benzene rings is 1. The maximum absolute atomic E-state index is 12.1. The first kappa shape index (κ1) is 19.7. The van der Waals surface area contributed by atoms with E-state index in [0.29, 0.717) is 24.0 Å². The van der Waals surface area contributed by atoms with Gasteiger partial charge < -0.3 is 20.1 Å². The molecule has 1 aliphatic carbocycles. The number of fused-ring (bicyclic) bond motifs is 3. The summed E-state index contributed by atoms with van der Waals surface area (Å²) in [7, 11) is 0. The number of aromatic hydroxyl groups is 1. The average Bonchev–Trinajstić information content (AvgIpc) is 2.96. The average molecular weight is 374 g/mol. The topological polar surface area (TPSA) is 87.0 Å². The number of hydrogen-bond acceptors (Lipinski definition) is 4. The lowest BCUT2D eigenvalue weighted by atomic mass is 9.66. The first-order valence-electron chi connectivity index (χ1n) is 9.85. The quantitative estimate of drug-likeness (QED) is 0.507. The van der Waals surface area contributed by atoms with E-state index in [9.17, 15) is 20.1 Å². The highest BCUT2D eigenvalue weighted by Gasteiger charge is 2.54. The summed E-state index contributed by atoms with van der Waals surface area (Å²) in [4.78, 5) is 12.1. The number of aliphatic hydroxyl groups is 1. The van der Waals surface area contributed by atoms with Gasteiger partial charge in [0.25, 0.3) is 0 Å². The first-order valence-corrected chi connectivity index (χ1v) is 9.85. The molecule has 1 aromatic rings. The van der Waals surface area contributed by atoms with Crippen LogP contribution in [0.3, 0.4) is 0 Å². The van der Waals surface area contributed by atoms with Gasteiger partial charge in [0.05, 0.1) is 5.60 Å². The van der Waals surface area contributed by atoms with E-state index in [4.69, 9.17) is 4.74 Å². The van der Waals surface area contributed by atoms with Crippen LogP contribution in [-0.4, -0.2) is 33.0 Å². The van der Waals surface area contributed by atoms with Gasteiger partial charge in [-0.25, -0.2) is 4.79 Å². The van der Waals surface area contributed by atoms with Crippen molar-refractivity contribution < 1.29 is 24.9 Å². The maximum atomic E-state index is 12.1. The molecule has 27 heavy (non-hydrogen) atoms. The smallest absolute Gasteiger partial charge is 0.339 e. The molecule has 2 aliphatic rings. The number of carboxylic acids is 1. The van der Waals surface area contributed by atoms with Crippen LogP contribution in [0.1, 0.15) is 80.3 Å². The summed E-state index contributed by atoms with van der Waals surface area (Å²) in [6.45, 7) is 9.83. The Morgan fingerprint density at radius 1 is 1.41 bits per heavy atom. The summed E-state index contributed by atoms with van der Waals surface area (Å²) >= 11 is 0. The molecule has 0 spiro atoms. The number of carboxylic acid groups (broad SMARTS) is 1. The minimum atomic E-state index is -1.08. The van der Waals surface area contributed by atoms with E-state index >= 15 is 0 Å². The molecule has 1 saturated carbocycles. The van der Waals surface area contributed by atoms with Gasteiger partial charge in [-0.15, -0.1) is 0 Å². The molecule has 148 valence electrons. The van der Waals surface area contributed by atoms with Crippen LogP contribution in [-0.2, 0) is 6.42 Å². The Kier molecular flexibility index (Phi) is 5.26. The Hall–Kier alpha value is -2.01. The van der Waals surface area contributed by atoms with Gasteiger partial charge >= 0.3 is 5.97 Å². The van der Waals surface area contributed by atoms with E-state index in [0.717, 1.165) is 31.3 Å². The number of unbranched alkanes of at least 4 members (excludes halogenated alkanes) is 2. The lowest BCUT2D eigenvalue weighted by Gasteiger charge is -2.42. The highest BCUT2D eigenvalue weighted by atomic mass is 16.5. The highest BCUT2D eigenvalue weighted by molar-refractivity contribution is 5.94. The molecule has 5 heteroatoms. The third-order valence-electron chi connectivity index (χ3n) is 6.19. The summed E-state index contributed by atoms with van der Waals surface area (Å²) in [5.41, 5.74) is 1.12. The molecule has 3 rings (SSSR count). The van der Waals surface area contributed by atoms with Crippen LogP contribution in [0.2, 0.25) is 0 Å². The van der Waals surface area contributed by atoms with Crippen LogP contribution in [0.4, 0.5) is 0 Å². The van der Waals surface area contributed by atoms with Crippen molar-refractivity contribution in [1.29, 1.82) is 0 Å². The number of phenolic OH excluding ortho intramolecular Hbond substituents is 1. The SMILES string of the molecule is C=C(C)[C@@H]1CC[C@](C)(O)C2Oc3c(C(=O)O)c(CCCCC)cc(O)c3[C@H]21. The summed E-state index contributed by atoms with van der Waals surface area (Å²) < 4.78 is 6.09. The minimum absolute atomic E-state index is 0.0370. The lowest BCUT2D eigenvalue weighted by Crippen LogP contribution is -2.50. The van der Waals surface area contributed by atoms with Crippen molar-refractivity contribution in [1.82, 2.24) is 0 Å². The van der Waals surface area contributed by atoms with E-state index in [2.05, 4.69) is 13.5 Å². The predicted molar refractivity (Wildman–Crippen MR) is 104 cm³/mol. The van der Waals surface area contributed by atoms with Crippen LogP contribution in [0.25, 0.3) is 0 Å². The molecule has 1 heterocycles. The number of aromatic carboxylic acids is 1. The standard InChI is InChI=1S/C22H30O5/c1-5-6-7-8-13-11-15(23)18-17-14(12(2)3)9-10-22(4,26)20(17)27-19(18)16(13)21(24)25/h11,14,17,20,23,26H,2,5-10H2,1,3-4H3,(H,24,25)/t14-,17+,20?,22-/m0/s1. The fourth-order valence-corrected chi connectivity index (χ4v) is 4.75. The number of phenols is 1. The van der Waals surface area contributed by atoms with E-state index in [1.165, 1.54) is 0 Å². The van der Waals surface area contributed by atoms with Crippen LogP contribution >= 0.6 is 0 Å². The molecule has 1 aliphatic heterocycles. The Morgan fingerprint density at radius 3 is 2.70 bits per heavy atom. The molecule has 0 bridgehead atoms. The van der Waals surface area contributed by atoms with Gasteiger partial charge in [-0.2, -0.15) is 0 Å². The Morgan fingerprint density at radius 2 is 2.11 bits per heavy atom. The summed E-state index contributed by atoms with van der Waals surface area (Å²) in [5, 5.41) is 31.6. The van der Waals surface area contributed by atoms with Gasteiger partial charge in [-0.3, -0.25) is 0 Å². The summed E-state index contributed by atoms with van der Waals surface area (Å²) in [6, 6.07) is 1.59. The third-order valence-corrected chi connectivity index (χ3v) is 6.19. The molecule has 1 fully saturated rings. The van der Waals surface area contributed by atoms with Crippen molar-refractivity contribution in [3.63, 3.8) is 0 Å². The molecule has 0 saturated heterocycles. The second kappa shape index (κ2) is 7.19. The number of carbonyl (C=O) groups is 1. The van der Waals surface area contributed by atoms with Gasteiger partial charge in [0.15, 0.2) is 0 Å². The van der Waals surface area contributed by atoms with Gasteiger partial charge in [0.1, 0.15) is 23.2 Å². The zero-order valence-electron chi connectivity index (χ0n) is 16.4. The van der Waals surface area contributed by atoms with Crippen LogP contribution < -0.4 is 4.74 Å². The monoisotopic (exact) mass is 374 g/mol.